The molecule has 2 bridgehead atoms. The minimum absolute atomic E-state index is 0.00939. The number of fused-ring (bicyclic) bond motifs is 4. The molecular formula is C38H41ClF2N6O6S. The van der Waals surface area contributed by atoms with Gasteiger partial charge in [-0.25, -0.2) is 18.4 Å². The monoisotopic (exact) mass is 782 g/mol. The molecule has 1 saturated carbocycles. The second kappa shape index (κ2) is 13.6. The lowest BCUT2D eigenvalue weighted by molar-refractivity contribution is 0.0122. The van der Waals surface area contributed by atoms with E-state index >= 15 is 8.78 Å². The summed E-state index contributed by atoms with van der Waals surface area (Å²) in [7, 11) is 0. The lowest BCUT2D eigenvalue weighted by Gasteiger charge is -2.42. The smallest absolute Gasteiger partial charge is 0.412 e. The van der Waals surface area contributed by atoms with Gasteiger partial charge in [0.05, 0.1) is 40.6 Å². The Morgan fingerprint density at radius 1 is 1.09 bits per heavy atom. The Bertz CT molecular complexity index is 2210. The molecule has 7 rings (SSSR count). The molecule has 3 aliphatic rings. The zero-order chi connectivity index (χ0) is 38.9. The predicted octanol–water partition coefficient (Wildman–Crippen LogP) is 8.40. The van der Waals surface area contributed by atoms with Crippen LogP contribution in [-0.4, -0.2) is 81.7 Å². The second-order valence-electron chi connectivity index (χ2n) is 16.2. The van der Waals surface area contributed by atoms with E-state index in [-0.39, 0.29) is 79.7 Å². The van der Waals surface area contributed by atoms with Gasteiger partial charge >= 0.3 is 18.2 Å². The lowest BCUT2D eigenvalue weighted by atomic mass is 9.97. The Morgan fingerprint density at radius 3 is 2.35 bits per heavy atom. The molecule has 2 amide bonds. The summed E-state index contributed by atoms with van der Waals surface area (Å²) in [5, 5.41) is 23.1. The topological polar surface area (TPSA) is 150 Å². The zero-order valence-corrected chi connectivity index (χ0v) is 32.4. The first-order valence-corrected chi connectivity index (χ1v) is 19.0. The van der Waals surface area contributed by atoms with Crippen molar-refractivity contribution < 1.29 is 37.7 Å². The van der Waals surface area contributed by atoms with E-state index in [0.29, 0.717) is 24.3 Å². The minimum Gasteiger partial charge on any atom is -0.463 e. The number of carbonyl (C=O) groups is 2. The summed E-state index contributed by atoms with van der Waals surface area (Å²) in [6.07, 6.45) is 1.80. The van der Waals surface area contributed by atoms with E-state index in [0.717, 1.165) is 43.1 Å². The maximum atomic E-state index is 17.2. The molecule has 16 heteroatoms. The summed E-state index contributed by atoms with van der Waals surface area (Å²) in [4.78, 5) is 38.9. The van der Waals surface area contributed by atoms with Crippen LogP contribution in [0.25, 0.3) is 32.1 Å². The van der Waals surface area contributed by atoms with Gasteiger partial charge in [-0.2, -0.15) is 15.2 Å². The number of carbonyl (C=O) groups excluding carboxylic acids is 2. The van der Waals surface area contributed by atoms with Crippen LogP contribution >= 0.6 is 22.9 Å². The van der Waals surface area contributed by atoms with Crippen LogP contribution in [0.4, 0.5) is 29.2 Å². The number of halogens is 3. The molecule has 1 aliphatic carbocycles. The van der Waals surface area contributed by atoms with Gasteiger partial charge in [-0.15, -0.1) is 11.3 Å². The number of benzene rings is 2. The quantitative estimate of drug-likeness (QED) is 0.187. The van der Waals surface area contributed by atoms with E-state index in [2.05, 4.69) is 10.3 Å². The van der Waals surface area contributed by atoms with Gasteiger partial charge in [0, 0.05) is 34.8 Å². The Kier molecular flexibility index (Phi) is 9.55. The van der Waals surface area contributed by atoms with E-state index in [4.69, 9.17) is 30.8 Å². The summed E-state index contributed by atoms with van der Waals surface area (Å²) in [6.45, 7) is 11.3. The van der Waals surface area contributed by atoms with Gasteiger partial charge in [0.2, 0.25) is 0 Å². The van der Waals surface area contributed by atoms with Crippen LogP contribution < -0.4 is 15.0 Å². The van der Waals surface area contributed by atoms with Gasteiger partial charge in [0.25, 0.3) is 0 Å². The van der Waals surface area contributed by atoms with Crippen LogP contribution in [0, 0.1) is 28.4 Å². The molecule has 0 radical (unpaired) electrons. The number of aromatic nitrogens is 2. The van der Waals surface area contributed by atoms with Gasteiger partial charge in [-0.1, -0.05) is 17.7 Å². The van der Waals surface area contributed by atoms with Crippen LogP contribution in [0.5, 0.6) is 6.01 Å². The summed E-state index contributed by atoms with van der Waals surface area (Å²) in [5.74, 6) is -1.17. The highest BCUT2D eigenvalue weighted by Crippen LogP contribution is 2.48. The van der Waals surface area contributed by atoms with Gasteiger partial charge in [-0.05, 0) is 84.9 Å². The van der Waals surface area contributed by atoms with Crippen molar-refractivity contribution in [1.29, 1.82) is 5.26 Å². The average molecular weight is 783 g/mol. The molecule has 2 aliphatic heterocycles. The first-order valence-electron chi connectivity index (χ1n) is 17.8. The molecule has 2 aromatic carbocycles. The number of nitriles is 1. The van der Waals surface area contributed by atoms with Crippen molar-refractivity contribution in [3.63, 3.8) is 0 Å². The third kappa shape index (κ3) is 7.19. The summed E-state index contributed by atoms with van der Waals surface area (Å²) < 4.78 is 49.7. The highest BCUT2D eigenvalue weighted by atomic mass is 35.5. The van der Waals surface area contributed by atoms with Gasteiger partial charge in [0.1, 0.15) is 39.4 Å². The number of thiophene rings is 1. The molecule has 54 heavy (non-hydrogen) atoms. The molecule has 2 saturated heterocycles. The number of hydrogen-bond donors (Lipinski definition) is 2. The number of aliphatic hydroxyl groups excluding tert-OH is 1. The molecule has 3 fully saturated rings. The molecule has 2 unspecified atom stereocenters. The zero-order valence-electron chi connectivity index (χ0n) is 30.8. The number of nitrogens with one attached hydrogen (secondary N) is 1. The Hall–Kier alpha value is -4.52. The molecule has 2 N–H and O–H groups in total. The number of aliphatic hydroxyl groups is 1. The van der Waals surface area contributed by atoms with Crippen LogP contribution in [0.1, 0.15) is 72.8 Å². The van der Waals surface area contributed by atoms with Crippen molar-refractivity contribution in [3.05, 3.63) is 40.4 Å². The Balaban J connectivity index is 1.34. The van der Waals surface area contributed by atoms with Crippen molar-refractivity contribution in [2.24, 2.45) is 5.41 Å². The predicted molar refractivity (Wildman–Crippen MR) is 201 cm³/mol. The fraction of sp³-hybridized carbons (Fsp3) is 0.500. The van der Waals surface area contributed by atoms with E-state index < -0.39 is 34.3 Å². The molecule has 4 aromatic rings. The third-order valence-electron chi connectivity index (χ3n) is 9.81. The highest BCUT2D eigenvalue weighted by molar-refractivity contribution is 7.23. The summed E-state index contributed by atoms with van der Waals surface area (Å²) in [6, 6.07) is 5.60. The normalized spacial score (nSPS) is 19.2. The van der Waals surface area contributed by atoms with Crippen LogP contribution in [0.2, 0.25) is 5.02 Å². The standard InChI is InChI=1S/C38H41ClF2N6O6S/c1-36(2,3)52-34(49)45-32-23(14-42)26-21(9-10-25(40)30(26)54-32)27-24(39)13-22-29(28(27)41)43-33(51-18-38(17-48)11-12-38)44-31(22)46-15-19-7-8-20(16-46)47(19)35(50)53-37(4,5)6/h9-10,13,19-20,48H,7-8,11-12,15-18H2,1-6H3,(H,45,49). The molecule has 12 nitrogen and oxygen atoms in total. The fourth-order valence-corrected chi connectivity index (χ4v) is 8.48. The van der Waals surface area contributed by atoms with Crippen molar-refractivity contribution in [1.82, 2.24) is 14.9 Å². The Labute approximate surface area is 319 Å². The average Bonchev–Trinajstić information content (AvgIpc) is 3.69. The number of nitrogens with zero attached hydrogens (tertiary/aromatic N) is 5. The molecular weight excluding hydrogens is 742 g/mol. The van der Waals surface area contributed by atoms with Crippen LogP contribution in [0.3, 0.4) is 0 Å². The largest absolute Gasteiger partial charge is 0.463 e. The first-order chi connectivity index (χ1) is 25.4. The number of amides is 2. The number of piperazine rings is 1. The summed E-state index contributed by atoms with van der Waals surface area (Å²) >= 11 is 7.75. The first kappa shape index (κ1) is 37.8. The van der Waals surface area contributed by atoms with Crippen molar-refractivity contribution in [3.8, 4) is 23.2 Å². The van der Waals surface area contributed by atoms with E-state index in [9.17, 15) is 20.0 Å². The fourth-order valence-electron chi connectivity index (χ4n) is 7.11. The van der Waals surface area contributed by atoms with Crippen molar-refractivity contribution in [2.75, 3.05) is 36.5 Å². The number of anilines is 2. The Morgan fingerprint density at radius 2 is 1.76 bits per heavy atom. The van der Waals surface area contributed by atoms with Gasteiger partial charge < -0.3 is 24.2 Å². The molecule has 2 atom stereocenters. The maximum Gasteiger partial charge on any atom is 0.412 e. The minimum atomic E-state index is -0.852. The van der Waals surface area contributed by atoms with Crippen LogP contribution in [0.15, 0.2) is 18.2 Å². The third-order valence-corrected chi connectivity index (χ3v) is 11.2. The van der Waals surface area contributed by atoms with Crippen LogP contribution in [-0.2, 0) is 9.47 Å². The van der Waals surface area contributed by atoms with Crippen molar-refractivity contribution >= 4 is 66.9 Å². The number of hydrogen-bond acceptors (Lipinski definition) is 11. The van der Waals surface area contributed by atoms with Crippen molar-refractivity contribution in [2.45, 2.75) is 90.5 Å². The van der Waals surface area contributed by atoms with Gasteiger partial charge in [0.15, 0.2) is 5.82 Å². The molecule has 0 spiro atoms. The van der Waals surface area contributed by atoms with Gasteiger partial charge in [-0.3, -0.25) is 10.2 Å². The van der Waals surface area contributed by atoms with E-state index in [1.54, 1.807) is 31.7 Å². The number of ether oxygens (including phenoxy) is 3. The number of rotatable bonds is 7. The van der Waals surface area contributed by atoms with E-state index in [1.807, 2.05) is 31.7 Å². The highest BCUT2D eigenvalue weighted by Gasteiger charge is 2.46. The SMILES string of the molecule is CC(C)(C)OC(=O)Nc1sc2c(F)ccc(-c3c(Cl)cc4c(N5CC6CCC(C5)N6C(=O)OC(C)(C)C)nc(OCC5(CO)CC5)nc4c3F)c2c1C#N. The van der Waals surface area contributed by atoms with E-state index in [1.165, 1.54) is 6.07 Å². The second-order valence-corrected chi connectivity index (χ2v) is 17.7. The maximum absolute atomic E-state index is 17.2. The molecule has 4 heterocycles. The summed E-state index contributed by atoms with van der Waals surface area (Å²) in [5.41, 5.74) is -2.14. The lowest BCUT2D eigenvalue weighted by Crippen LogP contribution is -2.57. The molecule has 2 aromatic heterocycles. The molecule has 286 valence electrons.